The lowest BCUT2D eigenvalue weighted by Crippen LogP contribution is -2.00. The Morgan fingerprint density at radius 1 is 0.812 bits per heavy atom. The Balaban J connectivity index is 2.93. The second kappa shape index (κ2) is 14.7. The number of hydroxylamine groups is 1. The van der Waals surface area contributed by atoms with Crippen LogP contribution in [0.3, 0.4) is 0 Å². The molecule has 0 amide bonds. The number of allylic oxidation sites excluding steroid dienone is 1. The van der Waals surface area contributed by atoms with E-state index in [1.165, 1.54) is 57.8 Å². The van der Waals surface area contributed by atoms with E-state index < -0.39 is 0 Å². The van der Waals surface area contributed by atoms with E-state index in [4.69, 9.17) is 0 Å². The molecule has 0 unspecified atom stereocenters. The first-order chi connectivity index (χ1) is 7.91. The zero-order chi connectivity index (χ0) is 11.9. The highest BCUT2D eigenvalue weighted by Gasteiger charge is 1.90. The Morgan fingerprint density at radius 3 is 1.94 bits per heavy atom. The second-order valence-corrected chi connectivity index (χ2v) is 4.44. The van der Waals surface area contributed by atoms with Crippen LogP contribution in [0.2, 0.25) is 0 Å². The Bertz CT molecular complexity index is 146. The van der Waals surface area contributed by atoms with Gasteiger partial charge in [0.1, 0.15) is 0 Å². The van der Waals surface area contributed by atoms with E-state index in [0.29, 0.717) is 6.54 Å². The third kappa shape index (κ3) is 13.7. The van der Waals surface area contributed by atoms with E-state index in [0.717, 1.165) is 6.42 Å². The van der Waals surface area contributed by atoms with Gasteiger partial charge in [-0.05, 0) is 12.8 Å². The summed E-state index contributed by atoms with van der Waals surface area (Å²) in [5.41, 5.74) is 1.87. The average Bonchev–Trinajstić information content (AvgIpc) is 2.31. The third-order valence-corrected chi connectivity index (χ3v) is 2.84. The summed E-state index contributed by atoms with van der Waals surface area (Å²) in [4.78, 5) is 0. The lowest BCUT2D eigenvalue weighted by Gasteiger charge is -2.01. The standard InChI is InChI=1S/C14H28NO/c1-2-3-4-5-6-7-8-9-10-11-12-13-14-15-16/h12-13,15H,2-11,14H2,1H3/q-1. The van der Waals surface area contributed by atoms with Gasteiger partial charge in [0.05, 0.1) is 0 Å². The zero-order valence-corrected chi connectivity index (χ0v) is 10.8. The average molecular weight is 226 g/mol. The van der Waals surface area contributed by atoms with Crippen molar-refractivity contribution in [3.8, 4) is 0 Å². The van der Waals surface area contributed by atoms with Crippen LogP contribution in [0.25, 0.3) is 0 Å². The van der Waals surface area contributed by atoms with E-state index >= 15 is 0 Å². The fourth-order valence-electron chi connectivity index (χ4n) is 1.82. The first kappa shape index (κ1) is 15.7. The molecule has 2 heteroatoms. The first-order valence-electron chi connectivity index (χ1n) is 6.91. The molecule has 0 aliphatic heterocycles. The molecule has 0 rings (SSSR count). The van der Waals surface area contributed by atoms with Gasteiger partial charge in [0.15, 0.2) is 0 Å². The molecular weight excluding hydrogens is 198 g/mol. The summed E-state index contributed by atoms with van der Waals surface area (Å²) in [5, 5.41) is 9.91. The van der Waals surface area contributed by atoms with Gasteiger partial charge < -0.3 is 10.7 Å². The fraction of sp³-hybridized carbons (Fsp3) is 0.857. The maximum atomic E-state index is 9.91. The maximum Gasteiger partial charge on any atom is 0.00171 e. The van der Waals surface area contributed by atoms with Crippen LogP contribution in [0.1, 0.15) is 71.1 Å². The molecule has 0 bridgehead atoms. The van der Waals surface area contributed by atoms with Crippen molar-refractivity contribution in [3.05, 3.63) is 17.4 Å². The monoisotopic (exact) mass is 226 g/mol. The van der Waals surface area contributed by atoms with Crippen molar-refractivity contribution in [1.82, 2.24) is 5.48 Å². The van der Waals surface area contributed by atoms with Crippen molar-refractivity contribution in [2.75, 3.05) is 6.54 Å². The molecule has 0 radical (unpaired) electrons. The molecule has 0 heterocycles. The fourth-order valence-corrected chi connectivity index (χ4v) is 1.82. The van der Waals surface area contributed by atoms with Gasteiger partial charge in [0.2, 0.25) is 0 Å². The Hall–Kier alpha value is -0.340. The van der Waals surface area contributed by atoms with Gasteiger partial charge >= 0.3 is 0 Å². The second-order valence-electron chi connectivity index (χ2n) is 4.44. The molecule has 1 N–H and O–H groups in total. The van der Waals surface area contributed by atoms with Crippen LogP contribution in [0.5, 0.6) is 0 Å². The largest absolute Gasteiger partial charge is 0.788 e. The number of hydrogen-bond acceptors (Lipinski definition) is 2. The van der Waals surface area contributed by atoms with Crippen LogP contribution in [0, 0.1) is 5.21 Å². The van der Waals surface area contributed by atoms with E-state index in [9.17, 15) is 5.21 Å². The Labute approximate surface area is 101 Å². The lowest BCUT2D eigenvalue weighted by atomic mass is 10.1. The van der Waals surface area contributed by atoms with E-state index in [1.807, 2.05) is 11.6 Å². The van der Waals surface area contributed by atoms with Crippen molar-refractivity contribution >= 4 is 0 Å². The molecule has 0 saturated heterocycles. The third-order valence-electron chi connectivity index (χ3n) is 2.84. The molecule has 0 aliphatic rings. The van der Waals surface area contributed by atoms with Gasteiger partial charge in [-0.3, -0.25) is 0 Å². The molecule has 16 heavy (non-hydrogen) atoms. The zero-order valence-electron chi connectivity index (χ0n) is 10.8. The van der Waals surface area contributed by atoms with Crippen molar-refractivity contribution in [2.45, 2.75) is 71.1 Å². The van der Waals surface area contributed by atoms with Gasteiger partial charge in [0, 0.05) is 6.54 Å². The van der Waals surface area contributed by atoms with Crippen molar-refractivity contribution in [1.29, 1.82) is 0 Å². The smallest absolute Gasteiger partial charge is 0.00171 e. The van der Waals surface area contributed by atoms with E-state index in [-0.39, 0.29) is 0 Å². The molecule has 0 atom stereocenters. The van der Waals surface area contributed by atoms with Gasteiger partial charge in [-0.15, -0.1) is 0 Å². The Kier molecular flexibility index (Phi) is 14.3. The van der Waals surface area contributed by atoms with Crippen LogP contribution >= 0.6 is 0 Å². The molecule has 0 spiro atoms. The van der Waals surface area contributed by atoms with Crippen LogP contribution in [-0.4, -0.2) is 6.54 Å². The van der Waals surface area contributed by atoms with Crippen molar-refractivity contribution in [2.24, 2.45) is 0 Å². The predicted molar refractivity (Wildman–Crippen MR) is 72.4 cm³/mol. The molecule has 2 nitrogen and oxygen atoms in total. The van der Waals surface area contributed by atoms with Gasteiger partial charge in [-0.1, -0.05) is 70.4 Å². The van der Waals surface area contributed by atoms with Gasteiger partial charge in [-0.2, -0.15) is 0 Å². The van der Waals surface area contributed by atoms with E-state index in [2.05, 4.69) is 13.0 Å². The van der Waals surface area contributed by atoms with Crippen LogP contribution in [0.15, 0.2) is 12.2 Å². The minimum absolute atomic E-state index is 0.456. The predicted octanol–water partition coefficient (Wildman–Crippen LogP) is 4.55. The highest BCUT2D eigenvalue weighted by atomic mass is 16.5. The van der Waals surface area contributed by atoms with Crippen molar-refractivity contribution in [3.63, 3.8) is 0 Å². The quantitative estimate of drug-likeness (QED) is 0.301. The maximum absolute atomic E-state index is 9.91. The van der Waals surface area contributed by atoms with Crippen molar-refractivity contribution < 1.29 is 0 Å². The molecule has 0 saturated carbocycles. The number of nitrogens with one attached hydrogen (secondary N) is 1. The summed E-state index contributed by atoms with van der Waals surface area (Å²) >= 11 is 0. The number of unbranched alkanes of at least 4 members (excludes halogenated alkanes) is 9. The molecule has 96 valence electrons. The summed E-state index contributed by atoms with van der Waals surface area (Å²) in [7, 11) is 0. The van der Waals surface area contributed by atoms with Crippen LogP contribution in [-0.2, 0) is 0 Å². The highest BCUT2D eigenvalue weighted by Crippen LogP contribution is 2.10. The van der Waals surface area contributed by atoms with Crippen LogP contribution in [0.4, 0.5) is 0 Å². The molecule has 0 fully saturated rings. The molecular formula is C14H28NO-. The van der Waals surface area contributed by atoms with Crippen LogP contribution < -0.4 is 5.48 Å². The minimum atomic E-state index is 0.456. The summed E-state index contributed by atoms with van der Waals surface area (Å²) in [6.07, 6.45) is 17.5. The molecule has 0 aliphatic carbocycles. The highest BCUT2D eigenvalue weighted by molar-refractivity contribution is 4.83. The van der Waals surface area contributed by atoms with Gasteiger partial charge in [0.25, 0.3) is 0 Å². The number of rotatable bonds is 12. The molecule has 0 aromatic heterocycles. The summed E-state index contributed by atoms with van der Waals surface area (Å²) < 4.78 is 0. The lowest BCUT2D eigenvalue weighted by molar-refractivity contribution is 0.566. The molecule has 0 aromatic rings. The first-order valence-corrected chi connectivity index (χ1v) is 6.91. The summed E-state index contributed by atoms with van der Waals surface area (Å²) in [5.74, 6) is 0. The topological polar surface area (TPSA) is 35.1 Å². The Morgan fingerprint density at radius 2 is 1.38 bits per heavy atom. The number of hydrogen-bond donors (Lipinski definition) is 1. The minimum Gasteiger partial charge on any atom is -0.788 e. The summed E-state index contributed by atoms with van der Waals surface area (Å²) in [6.45, 7) is 2.72. The van der Waals surface area contributed by atoms with Gasteiger partial charge in [-0.25, -0.2) is 0 Å². The summed E-state index contributed by atoms with van der Waals surface area (Å²) in [6, 6.07) is 0. The normalized spacial score (nSPS) is 11.4. The SMILES string of the molecule is CCCCCCCCCCCC=CCN[O-]. The molecule has 0 aromatic carbocycles. The van der Waals surface area contributed by atoms with E-state index in [1.54, 1.807) is 0 Å².